The van der Waals surface area contributed by atoms with E-state index in [1.165, 1.54) is 6.20 Å². The third-order valence-corrected chi connectivity index (χ3v) is 5.78. The minimum Gasteiger partial charge on any atom is -0.350 e. The van der Waals surface area contributed by atoms with Gasteiger partial charge in [0.2, 0.25) is 5.91 Å². The van der Waals surface area contributed by atoms with Crippen molar-refractivity contribution in [3.8, 4) is 11.5 Å². The minimum absolute atomic E-state index is 0.0633. The summed E-state index contributed by atoms with van der Waals surface area (Å²) >= 11 is 0. The number of nitrogens with zero attached hydrogens (tertiary/aromatic N) is 4. The Hall–Kier alpha value is -3.16. The van der Waals surface area contributed by atoms with Crippen LogP contribution in [0.2, 0.25) is 0 Å². The molecular formula is C20H24N6O2. The number of rotatable bonds is 4. The van der Waals surface area contributed by atoms with E-state index in [0.29, 0.717) is 11.5 Å². The van der Waals surface area contributed by atoms with Gasteiger partial charge in [0.25, 0.3) is 0 Å². The van der Waals surface area contributed by atoms with Crippen LogP contribution in [0.3, 0.4) is 0 Å². The van der Waals surface area contributed by atoms with Gasteiger partial charge in [0.05, 0.1) is 22.1 Å². The first kappa shape index (κ1) is 18.2. The van der Waals surface area contributed by atoms with E-state index in [0.717, 1.165) is 39.8 Å². The molecule has 0 saturated heterocycles. The number of amides is 2. The van der Waals surface area contributed by atoms with Crippen LogP contribution in [0.4, 0.5) is 10.5 Å². The maximum absolute atomic E-state index is 13.3. The van der Waals surface area contributed by atoms with Crippen molar-refractivity contribution in [2.45, 2.75) is 52.0 Å². The molecule has 3 heterocycles. The summed E-state index contributed by atoms with van der Waals surface area (Å²) in [6, 6.07) is 5.11. The molecule has 2 aromatic heterocycles. The van der Waals surface area contributed by atoms with Gasteiger partial charge < -0.3 is 15.6 Å². The van der Waals surface area contributed by atoms with Crippen molar-refractivity contribution in [3.05, 3.63) is 30.0 Å². The fraction of sp³-hybridized carbons (Fsp3) is 0.400. The van der Waals surface area contributed by atoms with Gasteiger partial charge in [-0.1, -0.05) is 13.8 Å². The zero-order valence-electron chi connectivity index (χ0n) is 16.5. The van der Waals surface area contributed by atoms with Gasteiger partial charge in [-0.25, -0.2) is 9.78 Å². The van der Waals surface area contributed by atoms with Crippen molar-refractivity contribution in [2.75, 3.05) is 4.90 Å². The van der Waals surface area contributed by atoms with Crippen LogP contribution in [0.25, 0.3) is 22.6 Å². The molecule has 3 aromatic rings. The second-order valence-electron chi connectivity index (χ2n) is 7.51. The molecule has 0 aliphatic carbocycles. The topological polar surface area (TPSA) is 110 Å². The Labute approximate surface area is 162 Å². The number of benzene rings is 1. The molecule has 3 N–H and O–H groups in total. The van der Waals surface area contributed by atoms with Gasteiger partial charge in [-0.3, -0.25) is 4.79 Å². The maximum atomic E-state index is 13.3. The molecule has 0 atom stereocenters. The van der Waals surface area contributed by atoms with E-state index in [4.69, 9.17) is 5.73 Å². The Bertz CT molecular complexity index is 1090. The number of carbonyl (C=O) groups is 2. The zero-order valence-corrected chi connectivity index (χ0v) is 16.5. The average Bonchev–Trinajstić information content (AvgIpc) is 3.34. The van der Waals surface area contributed by atoms with Crippen molar-refractivity contribution >= 4 is 28.7 Å². The highest BCUT2D eigenvalue weighted by molar-refractivity contribution is 6.10. The van der Waals surface area contributed by atoms with E-state index < -0.39 is 11.4 Å². The van der Waals surface area contributed by atoms with Crippen LogP contribution < -0.4 is 10.6 Å². The lowest BCUT2D eigenvalue weighted by Crippen LogP contribution is -2.42. The van der Waals surface area contributed by atoms with Gasteiger partial charge >= 0.3 is 6.03 Å². The fourth-order valence-electron chi connectivity index (χ4n) is 4.22. The number of carbonyl (C=O) groups excluding carboxylic acids is 2. The first-order valence-electron chi connectivity index (χ1n) is 9.56. The Morgan fingerprint density at radius 2 is 2.00 bits per heavy atom. The predicted molar refractivity (Wildman–Crippen MR) is 107 cm³/mol. The normalized spacial score (nSPS) is 15.6. The number of anilines is 1. The summed E-state index contributed by atoms with van der Waals surface area (Å²) in [6.45, 7) is 8.18. The zero-order chi connectivity index (χ0) is 20.2. The second kappa shape index (κ2) is 6.19. The lowest BCUT2D eigenvalue weighted by atomic mass is 9.77. The first-order chi connectivity index (χ1) is 13.3. The third-order valence-electron chi connectivity index (χ3n) is 5.78. The Morgan fingerprint density at radius 3 is 2.57 bits per heavy atom. The standard InChI is InChI=1S/C20H24N6O2/c1-5-20(6-2)12-9-14-15(10-16(12)26(11(3)4)18(20)27)23-17(22-14)13-7-8-25(24-13)19(21)28/h7-11H,5-6H2,1-4H3,(H2,21,28)(H,22,23). The van der Waals surface area contributed by atoms with Crippen molar-refractivity contribution in [1.82, 2.24) is 19.7 Å². The van der Waals surface area contributed by atoms with Crippen LogP contribution in [0, 0.1) is 0 Å². The maximum Gasteiger partial charge on any atom is 0.339 e. The van der Waals surface area contributed by atoms with E-state index in [-0.39, 0.29) is 11.9 Å². The Morgan fingerprint density at radius 1 is 1.29 bits per heavy atom. The molecule has 0 fully saturated rings. The van der Waals surface area contributed by atoms with Crippen LogP contribution in [0.5, 0.6) is 0 Å². The summed E-state index contributed by atoms with van der Waals surface area (Å²) in [5.74, 6) is 0.718. The summed E-state index contributed by atoms with van der Waals surface area (Å²) in [6.07, 6.45) is 2.99. The van der Waals surface area contributed by atoms with E-state index in [2.05, 4.69) is 28.9 Å². The molecule has 8 heteroatoms. The van der Waals surface area contributed by atoms with Crippen molar-refractivity contribution in [3.63, 3.8) is 0 Å². The lowest BCUT2D eigenvalue weighted by Gasteiger charge is -2.27. The molecular weight excluding hydrogens is 356 g/mol. The highest BCUT2D eigenvalue weighted by Gasteiger charge is 2.49. The van der Waals surface area contributed by atoms with Gasteiger partial charge in [-0.15, -0.1) is 0 Å². The molecule has 0 saturated carbocycles. The van der Waals surface area contributed by atoms with E-state index >= 15 is 0 Å². The van der Waals surface area contributed by atoms with Crippen LogP contribution in [0.1, 0.15) is 46.1 Å². The molecule has 0 unspecified atom stereocenters. The molecule has 1 aromatic carbocycles. The number of nitrogens with one attached hydrogen (secondary N) is 1. The molecule has 0 radical (unpaired) electrons. The Balaban J connectivity index is 1.89. The monoisotopic (exact) mass is 380 g/mol. The van der Waals surface area contributed by atoms with Crippen molar-refractivity contribution in [2.24, 2.45) is 5.73 Å². The van der Waals surface area contributed by atoms with Gasteiger partial charge in [0.1, 0.15) is 5.69 Å². The van der Waals surface area contributed by atoms with E-state index in [9.17, 15) is 9.59 Å². The minimum atomic E-state index is -0.650. The molecule has 4 rings (SSSR count). The number of hydrogen-bond donors (Lipinski definition) is 2. The number of H-pyrrole nitrogens is 1. The van der Waals surface area contributed by atoms with Crippen LogP contribution in [-0.2, 0) is 10.2 Å². The molecule has 1 aliphatic heterocycles. The number of imidazole rings is 1. The molecule has 0 spiro atoms. The number of hydrogen-bond acceptors (Lipinski definition) is 4. The van der Waals surface area contributed by atoms with Gasteiger partial charge in [0, 0.05) is 12.2 Å². The number of aromatic amines is 1. The summed E-state index contributed by atoms with van der Waals surface area (Å²) in [4.78, 5) is 34.3. The van der Waals surface area contributed by atoms with Crippen LogP contribution in [0.15, 0.2) is 24.4 Å². The number of aromatic nitrogens is 4. The molecule has 28 heavy (non-hydrogen) atoms. The smallest absolute Gasteiger partial charge is 0.339 e. The second-order valence-corrected chi connectivity index (χ2v) is 7.51. The van der Waals surface area contributed by atoms with Crippen molar-refractivity contribution in [1.29, 1.82) is 0 Å². The van der Waals surface area contributed by atoms with Gasteiger partial charge in [-0.2, -0.15) is 9.78 Å². The van der Waals surface area contributed by atoms with Crippen LogP contribution >= 0.6 is 0 Å². The SMILES string of the molecule is CCC1(CC)C(=O)N(C(C)C)c2cc3nc(-c4ccn(C(N)=O)n4)[nH]c3cc21. The lowest BCUT2D eigenvalue weighted by molar-refractivity contribution is -0.123. The molecule has 1 aliphatic rings. The molecule has 8 nitrogen and oxygen atoms in total. The summed E-state index contributed by atoms with van der Waals surface area (Å²) < 4.78 is 1.07. The first-order valence-corrected chi connectivity index (χ1v) is 9.56. The third kappa shape index (κ3) is 2.37. The van der Waals surface area contributed by atoms with Crippen LogP contribution in [-0.4, -0.2) is 37.7 Å². The summed E-state index contributed by atoms with van der Waals surface area (Å²) in [7, 11) is 0. The molecule has 2 amide bonds. The molecule has 0 bridgehead atoms. The van der Waals surface area contributed by atoms with Gasteiger partial charge in [-0.05, 0) is 50.5 Å². The Kier molecular flexibility index (Phi) is 4.02. The van der Waals surface area contributed by atoms with E-state index in [1.54, 1.807) is 6.07 Å². The highest BCUT2D eigenvalue weighted by atomic mass is 16.2. The summed E-state index contributed by atoms with van der Waals surface area (Å²) in [5, 5.41) is 4.15. The average molecular weight is 380 g/mol. The van der Waals surface area contributed by atoms with Crippen molar-refractivity contribution < 1.29 is 9.59 Å². The largest absolute Gasteiger partial charge is 0.350 e. The fourth-order valence-corrected chi connectivity index (χ4v) is 4.22. The highest BCUT2D eigenvalue weighted by Crippen LogP contribution is 2.48. The number of primary amides is 1. The predicted octanol–water partition coefficient (Wildman–Crippen LogP) is 3.17. The number of nitrogens with two attached hydrogens (primary N) is 1. The summed E-state index contributed by atoms with van der Waals surface area (Å²) in [5.41, 5.74) is 8.84. The van der Waals surface area contributed by atoms with E-state index in [1.807, 2.05) is 30.9 Å². The quantitative estimate of drug-likeness (QED) is 0.724. The van der Waals surface area contributed by atoms with Gasteiger partial charge in [0.15, 0.2) is 5.82 Å². The molecule has 146 valence electrons. The number of fused-ring (bicyclic) bond motifs is 2.